The number of methoxy groups -OCH3 is 1. The third-order valence-corrected chi connectivity index (χ3v) is 5.65. The van der Waals surface area contributed by atoms with Crippen molar-refractivity contribution >= 4 is 27.6 Å². The molecule has 6 nitrogen and oxygen atoms in total. The first-order chi connectivity index (χ1) is 7.35. The van der Waals surface area contributed by atoms with Crippen molar-refractivity contribution in [3.63, 3.8) is 0 Å². The van der Waals surface area contributed by atoms with Crippen molar-refractivity contribution in [1.82, 2.24) is 0 Å². The van der Waals surface area contributed by atoms with Crippen molar-refractivity contribution < 1.29 is 23.1 Å². The summed E-state index contributed by atoms with van der Waals surface area (Å²) < 4.78 is 26.8. The molecule has 3 atom stereocenters. The molecule has 0 amide bonds. The summed E-state index contributed by atoms with van der Waals surface area (Å²) in [5, 5.41) is 9.07. The fourth-order valence-electron chi connectivity index (χ4n) is 1.40. The van der Waals surface area contributed by atoms with E-state index >= 15 is 0 Å². The largest absolute Gasteiger partial charge is 0.468 e. The van der Waals surface area contributed by atoms with Gasteiger partial charge in [0, 0.05) is 11.0 Å². The van der Waals surface area contributed by atoms with Gasteiger partial charge in [0.25, 0.3) is 0 Å². The number of carbonyl (C=O) groups excluding carboxylic acids is 1. The minimum Gasteiger partial charge on any atom is -0.468 e. The van der Waals surface area contributed by atoms with Gasteiger partial charge < -0.3 is 15.6 Å². The number of sulfone groups is 1. The maximum atomic E-state index is 11.2. The van der Waals surface area contributed by atoms with E-state index in [0.717, 1.165) is 0 Å². The molecule has 1 saturated heterocycles. The second kappa shape index (κ2) is 5.35. The lowest BCUT2D eigenvalue weighted by Gasteiger charge is -2.14. The highest BCUT2D eigenvalue weighted by Crippen LogP contribution is 2.25. The molecule has 0 aliphatic carbocycles. The van der Waals surface area contributed by atoms with Crippen LogP contribution in [0.25, 0.3) is 0 Å². The number of aliphatic hydroxyl groups is 1. The molecule has 3 N–H and O–H groups in total. The molecule has 0 radical (unpaired) electrons. The first-order valence-electron chi connectivity index (χ1n) is 4.69. The fraction of sp³-hybridized carbons (Fsp3) is 0.875. The second-order valence-corrected chi connectivity index (χ2v) is 7.07. The highest BCUT2D eigenvalue weighted by Gasteiger charge is 2.37. The Bertz CT molecular complexity index is 355. The Hall–Kier alpha value is -0.310. The van der Waals surface area contributed by atoms with Gasteiger partial charge in [0.1, 0.15) is 6.04 Å². The minimum atomic E-state index is -3.15. The Morgan fingerprint density at radius 2 is 2.25 bits per heavy atom. The predicted molar refractivity (Wildman–Crippen MR) is 60.9 cm³/mol. The number of hydrogen-bond donors (Lipinski definition) is 2. The molecular formula is C8H15NO5S2. The molecule has 0 bridgehead atoms. The van der Waals surface area contributed by atoms with Gasteiger partial charge in [-0.15, -0.1) is 0 Å². The summed E-state index contributed by atoms with van der Waals surface area (Å²) in [6.45, 7) is 0. The van der Waals surface area contributed by atoms with Crippen LogP contribution in [0, 0.1) is 0 Å². The molecule has 0 saturated carbocycles. The fourth-order valence-corrected chi connectivity index (χ4v) is 5.05. The van der Waals surface area contributed by atoms with Crippen molar-refractivity contribution in [2.45, 2.75) is 17.4 Å². The molecule has 1 fully saturated rings. The molecule has 0 aromatic rings. The summed E-state index contributed by atoms with van der Waals surface area (Å²) in [6, 6.07) is -0.787. The highest BCUT2D eigenvalue weighted by molar-refractivity contribution is 8.02. The lowest BCUT2D eigenvalue weighted by atomic mass is 10.3. The van der Waals surface area contributed by atoms with Crippen molar-refractivity contribution in [3.05, 3.63) is 0 Å². The van der Waals surface area contributed by atoms with Crippen molar-refractivity contribution in [2.24, 2.45) is 5.73 Å². The average Bonchev–Trinajstić information content (AvgIpc) is 2.47. The molecule has 3 unspecified atom stereocenters. The average molecular weight is 269 g/mol. The van der Waals surface area contributed by atoms with Gasteiger partial charge in [-0.05, 0) is 0 Å². The maximum Gasteiger partial charge on any atom is 0.323 e. The van der Waals surface area contributed by atoms with E-state index in [4.69, 9.17) is 5.73 Å². The number of esters is 1. The molecule has 0 aromatic carbocycles. The van der Waals surface area contributed by atoms with Crippen LogP contribution >= 0.6 is 11.8 Å². The van der Waals surface area contributed by atoms with E-state index in [2.05, 4.69) is 4.74 Å². The lowest BCUT2D eigenvalue weighted by molar-refractivity contribution is -0.141. The first kappa shape index (κ1) is 13.8. The summed E-state index contributed by atoms with van der Waals surface area (Å²) in [5.74, 6) is -0.572. The summed E-state index contributed by atoms with van der Waals surface area (Å²) in [7, 11) is -1.91. The van der Waals surface area contributed by atoms with Crippen molar-refractivity contribution in [2.75, 3.05) is 24.4 Å². The molecule has 1 rings (SSSR count). The van der Waals surface area contributed by atoms with E-state index in [-0.39, 0.29) is 17.3 Å². The van der Waals surface area contributed by atoms with E-state index in [1.807, 2.05) is 0 Å². The third kappa shape index (κ3) is 3.62. The van der Waals surface area contributed by atoms with Crippen LogP contribution in [-0.4, -0.2) is 61.3 Å². The number of ether oxygens (including phenoxy) is 1. The Kier molecular flexibility index (Phi) is 4.60. The normalized spacial score (nSPS) is 29.9. The van der Waals surface area contributed by atoms with E-state index in [9.17, 15) is 18.3 Å². The number of hydrogen-bond acceptors (Lipinski definition) is 7. The second-order valence-electron chi connectivity index (χ2n) is 3.65. The monoisotopic (exact) mass is 269 g/mol. The van der Waals surface area contributed by atoms with Gasteiger partial charge in [0.05, 0.1) is 24.7 Å². The minimum absolute atomic E-state index is 0.0628. The predicted octanol–water partition coefficient (Wildman–Crippen LogP) is -1.62. The molecular weight excluding hydrogens is 254 g/mol. The zero-order chi connectivity index (χ0) is 12.3. The number of carbonyl (C=O) groups is 1. The molecule has 16 heavy (non-hydrogen) atoms. The summed E-state index contributed by atoms with van der Waals surface area (Å²) in [5.41, 5.74) is 5.49. The SMILES string of the molecule is COC(=O)C(N)CSC1CS(=O)(=O)CC1O. The van der Waals surface area contributed by atoms with Crippen LogP contribution in [0.5, 0.6) is 0 Å². The molecule has 1 aliphatic heterocycles. The Labute approximate surface area is 98.4 Å². The van der Waals surface area contributed by atoms with Crippen LogP contribution in [0.4, 0.5) is 0 Å². The van der Waals surface area contributed by atoms with Gasteiger partial charge in [0.2, 0.25) is 0 Å². The third-order valence-electron chi connectivity index (χ3n) is 2.27. The van der Waals surface area contributed by atoms with Crippen LogP contribution in [0.2, 0.25) is 0 Å². The van der Waals surface area contributed by atoms with Crippen molar-refractivity contribution in [1.29, 1.82) is 0 Å². The smallest absolute Gasteiger partial charge is 0.323 e. The van der Waals surface area contributed by atoms with Gasteiger partial charge in [0.15, 0.2) is 9.84 Å². The maximum absolute atomic E-state index is 11.2. The van der Waals surface area contributed by atoms with E-state index < -0.39 is 33.2 Å². The van der Waals surface area contributed by atoms with E-state index in [1.54, 1.807) is 0 Å². The van der Waals surface area contributed by atoms with Crippen LogP contribution in [-0.2, 0) is 19.4 Å². The van der Waals surface area contributed by atoms with Gasteiger partial charge in [-0.1, -0.05) is 0 Å². The summed E-state index contributed by atoms with van der Waals surface area (Å²) in [4.78, 5) is 11.0. The van der Waals surface area contributed by atoms with Gasteiger partial charge in [-0.3, -0.25) is 4.79 Å². The number of thioether (sulfide) groups is 1. The molecule has 1 heterocycles. The lowest BCUT2D eigenvalue weighted by Crippen LogP contribution is -2.35. The van der Waals surface area contributed by atoms with Gasteiger partial charge >= 0.3 is 5.97 Å². The Morgan fingerprint density at radius 1 is 1.62 bits per heavy atom. The molecule has 0 aromatic heterocycles. The van der Waals surface area contributed by atoms with Crippen LogP contribution in [0.3, 0.4) is 0 Å². The van der Waals surface area contributed by atoms with Crippen LogP contribution in [0.15, 0.2) is 0 Å². The highest BCUT2D eigenvalue weighted by atomic mass is 32.2. The van der Waals surface area contributed by atoms with E-state index in [1.165, 1.54) is 18.9 Å². The quantitative estimate of drug-likeness (QED) is 0.590. The molecule has 94 valence electrons. The number of aliphatic hydroxyl groups excluding tert-OH is 1. The first-order valence-corrected chi connectivity index (χ1v) is 7.56. The molecule has 8 heteroatoms. The zero-order valence-corrected chi connectivity index (χ0v) is 10.5. The number of nitrogens with two attached hydrogens (primary N) is 1. The summed E-state index contributed by atoms with van der Waals surface area (Å²) in [6.07, 6.45) is -0.875. The van der Waals surface area contributed by atoms with E-state index in [0.29, 0.717) is 0 Å². The zero-order valence-electron chi connectivity index (χ0n) is 8.83. The van der Waals surface area contributed by atoms with Crippen molar-refractivity contribution in [3.8, 4) is 0 Å². The topological polar surface area (TPSA) is 107 Å². The van der Waals surface area contributed by atoms with Crippen LogP contribution in [0.1, 0.15) is 0 Å². The summed E-state index contributed by atoms with van der Waals surface area (Å²) >= 11 is 1.19. The van der Waals surface area contributed by atoms with Crippen LogP contribution < -0.4 is 5.73 Å². The van der Waals surface area contributed by atoms with Gasteiger partial charge in [-0.25, -0.2) is 8.42 Å². The number of rotatable bonds is 4. The Morgan fingerprint density at radius 3 is 2.69 bits per heavy atom. The standard InChI is InChI=1S/C8H15NO5S2/c1-14-8(11)5(9)2-15-7-4-16(12,13)3-6(7)10/h5-7,10H,2-4,9H2,1H3. The Balaban J connectivity index is 2.42. The molecule has 1 aliphatic rings. The molecule has 0 spiro atoms. The van der Waals surface area contributed by atoms with Gasteiger partial charge in [-0.2, -0.15) is 11.8 Å².